The third-order valence-corrected chi connectivity index (χ3v) is 3.34. The molecule has 5 heteroatoms. The van der Waals surface area contributed by atoms with Crippen LogP contribution in [0, 0.1) is 0 Å². The minimum Gasteiger partial charge on any atom is -0.347 e. The van der Waals surface area contributed by atoms with Gasteiger partial charge in [-0.25, -0.2) is 4.98 Å². The molecule has 0 spiro atoms. The van der Waals surface area contributed by atoms with Gasteiger partial charge in [-0.2, -0.15) is 0 Å². The van der Waals surface area contributed by atoms with Crippen molar-refractivity contribution in [3.63, 3.8) is 0 Å². The normalized spacial score (nSPS) is 10.3. The average molecular weight is 334 g/mol. The van der Waals surface area contributed by atoms with Gasteiger partial charge in [0.2, 0.25) is 0 Å². The molecule has 1 aromatic heterocycles. The van der Waals surface area contributed by atoms with E-state index in [1.807, 2.05) is 24.3 Å². The predicted molar refractivity (Wildman–Crippen MR) is 82.3 cm³/mol. The summed E-state index contributed by atoms with van der Waals surface area (Å²) in [6.45, 7) is 1.13. The van der Waals surface area contributed by atoms with Gasteiger partial charge >= 0.3 is 0 Å². The molecule has 3 N–H and O–H groups in total. The van der Waals surface area contributed by atoms with E-state index in [2.05, 4.69) is 26.2 Å². The predicted octanol–water partition coefficient (Wildman–Crippen LogP) is 2.28. The Morgan fingerprint density at radius 3 is 2.45 bits per heavy atom. The number of aromatic nitrogens is 1. The molecule has 0 bridgehead atoms. The third kappa shape index (κ3) is 4.15. The van der Waals surface area contributed by atoms with E-state index in [-0.39, 0.29) is 5.91 Å². The van der Waals surface area contributed by atoms with E-state index in [4.69, 9.17) is 5.73 Å². The van der Waals surface area contributed by atoms with Crippen LogP contribution in [0.5, 0.6) is 0 Å². The van der Waals surface area contributed by atoms with E-state index in [9.17, 15) is 4.79 Å². The maximum Gasteiger partial charge on any atom is 0.270 e. The van der Waals surface area contributed by atoms with Crippen molar-refractivity contribution in [1.29, 1.82) is 0 Å². The van der Waals surface area contributed by atoms with Gasteiger partial charge < -0.3 is 11.1 Å². The molecule has 1 heterocycles. The molecule has 2 aromatic rings. The first-order chi connectivity index (χ1) is 9.69. The standard InChI is InChI=1S/C15H16BrN3O/c16-13-5-6-14(18-10-13)15(20)19-9-12-3-1-11(2-4-12)7-8-17/h1-6,10H,7-9,17H2,(H,19,20). The summed E-state index contributed by atoms with van der Waals surface area (Å²) in [5, 5.41) is 2.84. The van der Waals surface area contributed by atoms with Gasteiger partial charge in [-0.1, -0.05) is 24.3 Å². The van der Waals surface area contributed by atoms with Crippen molar-refractivity contribution in [3.8, 4) is 0 Å². The van der Waals surface area contributed by atoms with E-state index in [1.54, 1.807) is 18.3 Å². The summed E-state index contributed by atoms with van der Waals surface area (Å²) in [6, 6.07) is 11.5. The zero-order chi connectivity index (χ0) is 14.4. The maximum absolute atomic E-state index is 11.9. The van der Waals surface area contributed by atoms with Gasteiger partial charge in [-0.05, 0) is 52.2 Å². The number of amides is 1. The quantitative estimate of drug-likeness (QED) is 0.881. The number of halogens is 1. The number of carbonyl (C=O) groups excluding carboxylic acids is 1. The summed E-state index contributed by atoms with van der Waals surface area (Å²) in [7, 11) is 0. The average Bonchev–Trinajstić information content (AvgIpc) is 2.47. The number of nitrogens with one attached hydrogen (secondary N) is 1. The Balaban J connectivity index is 1.91. The monoisotopic (exact) mass is 333 g/mol. The summed E-state index contributed by atoms with van der Waals surface area (Å²) in [5.74, 6) is -0.177. The molecule has 0 aliphatic heterocycles. The molecule has 1 aromatic carbocycles. The second kappa shape index (κ2) is 7.17. The lowest BCUT2D eigenvalue weighted by Gasteiger charge is -2.06. The Labute approximate surface area is 126 Å². The molecule has 104 valence electrons. The zero-order valence-electron chi connectivity index (χ0n) is 11.0. The second-order valence-electron chi connectivity index (χ2n) is 4.40. The zero-order valence-corrected chi connectivity index (χ0v) is 12.6. The van der Waals surface area contributed by atoms with Gasteiger partial charge in [-0.3, -0.25) is 4.79 Å². The molecule has 0 atom stereocenters. The molecule has 20 heavy (non-hydrogen) atoms. The lowest BCUT2D eigenvalue weighted by molar-refractivity contribution is 0.0946. The molecule has 0 fully saturated rings. The van der Waals surface area contributed by atoms with Gasteiger partial charge in [0.1, 0.15) is 5.69 Å². The number of pyridine rings is 1. The molecule has 0 aliphatic rings. The van der Waals surface area contributed by atoms with Crippen LogP contribution in [0.3, 0.4) is 0 Å². The summed E-state index contributed by atoms with van der Waals surface area (Å²) in [5.41, 5.74) is 8.17. The molecule has 0 saturated heterocycles. The molecular formula is C15H16BrN3O. The Morgan fingerprint density at radius 1 is 1.15 bits per heavy atom. The van der Waals surface area contributed by atoms with Crippen LogP contribution in [0.2, 0.25) is 0 Å². The van der Waals surface area contributed by atoms with Gasteiger partial charge in [-0.15, -0.1) is 0 Å². The topological polar surface area (TPSA) is 68.0 Å². The summed E-state index contributed by atoms with van der Waals surface area (Å²) in [4.78, 5) is 15.9. The summed E-state index contributed by atoms with van der Waals surface area (Å²) in [6.07, 6.45) is 2.48. The number of hydrogen-bond acceptors (Lipinski definition) is 3. The van der Waals surface area contributed by atoms with Gasteiger partial charge in [0.25, 0.3) is 5.91 Å². The molecule has 0 radical (unpaired) electrons. The van der Waals surface area contributed by atoms with E-state index >= 15 is 0 Å². The number of carbonyl (C=O) groups is 1. The van der Waals surface area contributed by atoms with Crippen LogP contribution in [0.15, 0.2) is 47.1 Å². The second-order valence-corrected chi connectivity index (χ2v) is 5.32. The molecule has 0 saturated carbocycles. The van der Waals surface area contributed by atoms with Crippen molar-refractivity contribution in [2.75, 3.05) is 6.54 Å². The smallest absolute Gasteiger partial charge is 0.270 e. The van der Waals surface area contributed by atoms with Crippen molar-refractivity contribution >= 4 is 21.8 Å². The highest BCUT2D eigenvalue weighted by Crippen LogP contribution is 2.08. The minimum atomic E-state index is -0.177. The number of hydrogen-bond donors (Lipinski definition) is 2. The fourth-order valence-electron chi connectivity index (χ4n) is 1.77. The highest BCUT2D eigenvalue weighted by Gasteiger charge is 2.06. The Hall–Kier alpha value is -1.72. The largest absolute Gasteiger partial charge is 0.347 e. The SMILES string of the molecule is NCCc1ccc(CNC(=O)c2ccc(Br)cn2)cc1. The lowest BCUT2D eigenvalue weighted by Crippen LogP contribution is -2.23. The highest BCUT2D eigenvalue weighted by molar-refractivity contribution is 9.10. The van der Waals surface area contributed by atoms with Crippen LogP contribution in [-0.4, -0.2) is 17.4 Å². The molecule has 0 aliphatic carbocycles. The number of nitrogens with two attached hydrogens (primary N) is 1. The first-order valence-electron chi connectivity index (χ1n) is 6.36. The fourth-order valence-corrected chi connectivity index (χ4v) is 2.01. The van der Waals surface area contributed by atoms with E-state index in [1.165, 1.54) is 5.56 Å². The fraction of sp³-hybridized carbons (Fsp3) is 0.200. The molecule has 0 unspecified atom stereocenters. The first kappa shape index (κ1) is 14.7. The Kier molecular flexibility index (Phi) is 5.26. The van der Waals surface area contributed by atoms with Crippen LogP contribution in [0.1, 0.15) is 21.6 Å². The van der Waals surface area contributed by atoms with Crippen molar-refractivity contribution in [2.24, 2.45) is 5.73 Å². The number of rotatable bonds is 5. The van der Waals surface area contributed by atoms with Crippen LogP contribution in [0.25, 0.3) is 0 Å². The van der Waals surface area contributed by atoms with Crippen molar-refractivity contribution < 1.29 is 4.79 Å². The van der Waals surface area contributed by atoms with Gasteiger partial charge in [0.05, 0.1) is 0 Å². The minimum absolute atomic E-state index is 0.177. The lowest BCUT2D eigenvalue weighted by atomic mass is 10.1. The van der Waals surface area contributed by atoms with Crippen LogP contribution >= 0.6 is 15.9 Å². The molecule has 4 nitrogen and oxygen atoms in total. The van der Waals surface area contributed by atoms with Crippen molar-refractivity contribution in [1.82, 2.24) is 10.3 Å². The Morgan fingerprint density at radius 2 is 1.85 bits per heavy atom. The summed E-state index contributed by atoms with van der Waals surface area (Å²) >= 11 is 3.29. The summed E-state index contributed by atoms with van der Waals surface area (Å²) < 4.78 is 0.851. The molecule has 2 rings (SSSR count). The van der Waals surface area contributed by atoms with Crippen molar-refractivity contribution in [3.05, 3.63) is 63.9 Å². The molecular weight excluding hydrogens is 318 g/mol. The highest BCUT2D eigenvalue weighted by atomic mass is 79.9. The van der Waals surface area contributed by atoms with Gasteiger partial charge in [0, 0.05) is 17.2 Å². The first-order valence-corrected chi connectivity index (χ1v) is 7.16. The van der Waals surface area contributed by atoms with Crippen molar-refractivity contribution in [2.45, 2.75) is 13.0 Å². The molecule has 1 amide bonds. The van der Waals surface area contributed by atoms with Crippen LogP contribution in [0.4, 0.5) is 0 Å². The number of nitrogens with zero attached hydrogens (tertiary/aromatic N) is 1. The maximum atomic E-state index is 11.9. The van der Waals surface area contributed by atoms with Gasteiger partial charge in [0.15, 0.2) is 0 Å². The third-order valence-electron chi connectivity index (χ3n) is 2.87. The van der Waals surface area contributed by atoms with E-state index in [0.29, 0.717) is 18.8 Å². The van der Waals surface area contributed by atoms with Crippen LogP contribution in [-0.2, 0) is 13.0 Å². The van der Waals surface area contributed by atoms with Crippen LogP contribution < -0.4 is 11.1 Å². The van der Waals surface area contributed by atoms with E-state index < -0.39 is 0 Å². The van der Waals surface area contributed by atoms with E-state index in [0.717, 1.165) is 16.5 Å². The number of benzene rings is 1. The Bertz CT molecular complexity index is 567.